The van der Waals surface area contributed by atoms with Crippen LogP contribution in [0.5, 0.6) is 0 Å². The first-order valence-electron chi connectivity index (χ1n) is 15.5. The topological polar surface area (TPSA) is 136 Å². The number of nitrogens with one attached hydrogen (secondary N) is 1. The smallest absolute Gasteiger partial charge is 0.333 e. The largest absolute Gasteiger partial charge is 0.467 e. The first-order chi connectivity index (χ1) is 20.4. The predicted octanol–water partition coefficient (Wildman–Crippen LogP) is 4.17. The number of esters is 2. The molecule has 7 atom stereocenters. The number of methoxy groups -OCH3 is 1. The molecule has 0 aliphatic heterocycles. The van der Waals surface area contributed by atoms with Crippen molar-refractivity contribution in [3.05, 3.63) is 47.5 Å². The zero-order valence-corrected chi connectivity index (χ0v) is 25.4. The number of allylic oxidation sites excluding steroid dienone is 1. The van der Waals surface area contributed by atoms with E-state index < -0.39 is 47.3 Å². The number of benzene rings is 1. The second-order valence-corrected chi connectivity index (χ2v) is 13.3. The Hall–Kier alpha value is -3.33. The molecule has 0 bridgehead atoms. The van der Waals surface area contributed by atoms with Crippen LogP contribution in [-0.4, -0.2) is 53.8 Å². The molecule has 2 N–H and O–H groups in total. The van der Waals surface area contributed by atoms with Gasteiger partial charge in [0, 0.05) is 18.3 Å². The molecule has 0 unspecified atom stereocenters. The number of carbonyl (C=O) groups excluding carboxylic acids is 5. The van der Waals surface area contributed by atoms with Gasteiger partial charge < -0.3 is 19.9 Å². The number of ketones is 2. The maximum atomic E-state index is 13.5. The molecule has 0 spiro atoms. The average molecular weight is 594 g/mol. The van der Waals surface area contributed by atoms with E-state index >= 15 is 0 Å². The fourth-order valence-electron chi connectivity index (χ4n) is 8.86. The number of hydrogen-bond acceptors (Lipinski definition) is 8. The van der Waals surface area contributed by atoms with Crippen molar-refractivity contribution in [1.29, 1.82) is 0 Å². The van der Waals surface area contributed by atoms with Crippen molar-refractivity contribution in [3.8, 4) is 0 Å². The second-order valence-electron chi connectivity index (χ2n) is 13.3. The number of amides is 1. The van der Waals surface area contributed by atoms with Gasteiger partial charge >= 0.3 is 11.9 Å². The van der Waals surface area contributed by atoms with Crippen molar-refractivity contribution in [3.63, 3.8) is 0 Å². The van der Waals surface area contributed by atoms with Gasteiger partial charge in [0.15, 0.2) is 18.4 Å². The van der Waals surface area contributed by atoms with Crippen LogP contribution in [0.4, 0.5) is 0 Å². The van der Waals surface area contributed by atoms with Crippen LogP contribution in [0.15, 0.2) is 42.0 Å². The van der Waals surface area contributed by atoms with Gasteiger partial charge in [-0.15, -0.1) is 0 Å². The highest BCUT2D eigenvalue weighted by Crippen LogP contribution is 2.67. The number of ether oxygens (including phenoxy) is 2. The van der Waals surface area contributed by atoms with E-state index in [-0.39, 0.29) is 30.0 Å². The molecular formula is C34H43NO8. The van der Waals surface area contributed by atoms with Crippen LogP contribution in [0.1, 0.15) is 89.7 Å². The van der Waals surface area contributed by atoms with Crippen LogP contribution >= 0.6 is 0 Å². The van der Waals surface area contributed by atoms with Crippen LogP contribution in [-0.2, 0) is 33.4 Å². The summed E-state index contributed by atoms with van der Waals surface area (Å²) in [7, 11) is 1.23. The van der Waals surface area contributed by atoms with E-state index in [1.165, 1.54) is 12.7 Å². The Bertz CT molecular complexity index is 1320. The van der Waals surface area contributed by atoms with E-state index in [4.69, 9.17) is 9.47 Å². The minimum Gasteiger partial charge on any atom is -0.467 e. The summed E-state index contributed by atoms with van der Waals surface area (Å²) in [5.41, 5.74) is -0.361. The van der Waals surface area contributed by atoms with Gasteiger partial charge in [0.1, 0.15) is 5.60 Å². The molecular weight excluding hydrogens is 550 g/mol. The molecule has 0 saturated heterocycles. The summed E-state index contributed by atoms with van der Waals surface area (Å²) in [5, 5.41) is 14.4. The van der Waals surface area contributed by atoms with Crippen LogP contribution in [0.25, 0.3) is 0 Å². The molecule has 9 heteroatoms. The third kappa shape index (κ3) is 5.56. The van der Waals surface area contributed by atoms with Gasteiger partial charge in [-0.25, -0.2) is 4.79 Å². The van der Waals surface area contributed by atoms with E-state index in [1.54, 1.807) is 30.3 Å². The van der Waals surface area contributed by atoms with E-state index in [1.807, 2.05) is 13.0 Å². The molecule has 0 radical (unpaired) electrons. The summed E-state index contributed by atoms with van der Waals surface area (Å²) in [6, 6.07) is 7.63. The number of Topliss-reactive ketones (excluding diaryl/α,β-unsaturated/α-hetero) is 1. The minimum atomic E-state index is -1.58. The first kappa shape index (κ1) is 31.1. The lowest BCUT2D eigenvalue weighted by molar-refractivity contribution is -0.170. The van der Waals surface area contributed by atoms with Gasteiger partial charge in [-0.2, -0.15) is 0 Å². The van der Waals surface area contributed by atoms with Gasteiger partial charge in [0.25, 0.3) is 0 Å². The van der Waals surface area contributed by atoms with Gasteiger partial charge in [0.05, 0.1) is 13.5 Å². The molecule has 3 fully saturated rings. The third-order valence-corrected chi connectivity index (χ3v) is 11.4. The molecule has 232 valence electrons. The summed E-state index contributed by atoms with van der Waals surface area (Å²) in [6.45, 7) is 3.77. The molecule has 1 aromatic carbocycles. The molecule has 1 aromatic rings. The van der Waals surface area contributed by atoms with E-state index in [0.717, 1.165) is 32.1 Å². The quantitative estimate of drug-likeness (QED) is 0.407. The second kappa shape index (κ2) is 12.0. The molecule has 0 aromatic heterocycles. The van der Waals surface area contributed by atoms with Gasteiger partial charge in [0.2, 0.25) is 11.7 Å². The molecule has 5 rings (SSSR count). The Labute approximate surface area is 252 Å². The Morgan fingerprint density at radius 3 is 2.42 bits per heavy atom. The zero-order chi connectivity index (χ0) is 31.0. The predicted molar refractivity (Wildman–Crippen MR) is 156 cm³/mol. The van der Waals surface area contributed by atoms with Crippen molar-refractivity contribution in [2.24, 2.45) is 28.6 Å². The lowest BCUT2D eigenvalue weighted by Crippen LogP contribution is -2.58. The molecule has 43 heavy (non-hydrogen) atoms. The fourth-order valence-corrected chi connectivity index (χ4v) is 8.86. The van der Waals surface area contributed by atoms with E-state index in [0.29, 0.717) is 36.7 Å². The Morgan fingerprint density at radius 1 is 0.977 bits per heavy atom. The first-order valence-corrected chi connectivity index (χ1v) is 15.5. The number of fused-ring (bicyclic) bond motifs is 5. The monoisotopic (exact) mass is 593 g/mol. The number of hydrogen-bond donors (Lipinski definition) is 2. The van der Waals surface area contributed by atoms with Crippen LogP contribution in [0, 0.1) is 28.6 Å². The molecule has 4 aliphatic carbocycles. The summed E-state index contributed by atoms with van der Waals surface area (Å²) in [4.78, 5) is 62.8. The van der Waals surface area contributed by atoms with Gasteiger partial charge in [-0.1, -0.05) is 49.8 Å². The molecule has 4 aliphatic rings. The zero-order valence-electron chi connectivity index (χ0n) is 25.4. The van der Waals surface area contributed by atoms with E-state index in [9.17, 15) is 29.1 Å². The molecule has 3 saturated carbocycles. The van der Waals surface area contributed by atoms with Crippen LogP contribution in [0.3, 0.4) is 0 Å². The summed E-state index contributed by atoms with van der Waals surface area (Å²) >= 11 is 0. The SMILES string of the molecule is COC(=O)[C@@H](NC(=O)CCC(=O)OCC(=O)[C@@]1(O)CC[C@H]2[C@@H]3CCC4=CC(=O)CC[C@]4(C)[C@H]3CC[C@@]21C)c1ccccc1. The number of rotatable bonds is 9. The van der Waals surface area contributed by atoms with Crippen LogP contribution in [0.2, 0.25) is 0 Å². The maximum Gasteiger partial charge on any atom is 0.333 e. The lowest BCUT2D eigenvalue weighted by atomic mass is 9.46. The van der Waals surface area contributed by atoms with Crippen LogP contribution < -0.4 is 5.32 Å². The molecule has 9 nitrogen and oxygen atoms in total. The summed E-state index contributed by atoms with van der Waals surface area (Å²) in [6.07, 6.45) is 7.33. The van der Waals surface area contributed by atoms with Crippen molar-refractivity contribution in [1.82, 2.24) is 5.32 Å². The fraction of sp³-hybridized carbons (Fsp3) is 0.618. The standard InChI is InChI=1S/C34H43NO8/c1-32-16-13-23(36)19-22(32)9-10-24-25(32)14-17-33(2)26(24)15-18-34(33,41)27(37)20-43-29(39)12-11-28(38)35-30(31(40)42-3)21-7-5-4-6-8-21/h4-8,19,24-26,30,41H,9-18,20H2,1-3H3,(H,35,38)/t24-,25+,26+,30+,32+,33+,34+/m1/s1. The normalized spacial score (nSPS) is 33.6. The highest BCUT2D eigenvalue weighted by atomic mass is 16.5. The highest BCUT2D eigenvalue weighted by molar-refractivity contribution is 5.92. The molecule has 0 heterocycles. The summed E-state index contributed by atoms with van der Waals surface area (Å²) < 4.78 is 10.1. The Morgan fingerprint density at radius 2 is 1.70 bits per heavy atom. The Kier molecular flexibility index (Phi) is 8.67. The number of aliphatic hydroxyl groups is 1. The van der Waals surface area contributed by atoms with Crippen molar-refractivity contribution in [2.75, 3.05) is 13.7 Å². The Balaban J connectivity index is 1.16. The molecule has 1 amide bonds. The van der Waals surface area contributed by atoms with Gasteiger partial charge in [-0.05, 0) is 79.8 Å². The minimum absolute atomic E-state index is 0.00264. The summed E-state index contributed by atoms with van der Waals surface area (Å²) in [5.74, 6) is -1.17. The number of carbonyl (C=O) groups is 5. The van der Waals surface area contributed by atoms with Crippen molar-refractivity contribution >= 4 is 29.4 Å². The average Bonchev–Trinajstić information content (AvgIpc) is 3.29. The third-order valence-electron chi connectivity index (χ3n) is 11.4. The maximum absolute atomic E-state index is 13.5. The van der Waals surface area contributed by atoms with Gasteiger partial charge in [-0.3, -0.25) is 19.2 Å². The van der Waals surface area contributed by atoms with Crippen molar-refractivity contribution < 1.29 is 38.6 Å². The van der Waals surface area contributed by atoms with Crippen molar-refractivity contribution in [2.45, 2.75) is 89.7 Å². The van der Waals surface area contributed by atoms with E-state index in [2.05, 4.69) is 12.2 Å². The lowest BCUT2D eigenvalue weighted by Gasteiger charge is -2.58. The highest BCUT2D eigenvalue weighted by Gasteiger charge is 2.66.